The summed E-state index contributed by atoms with van der Waals surface area (Å²) in [5, 5.41) is 0. The lowest BCUT2D eigenvalue weighted by Crippen LogP contribution is -2.35. The summed E-state index contributed by atoms with van der Waals surface area (Å²) in [6.07, 6.45) is 1.65. The molecule has 0 spiro atoms. The maximum absolute atomic E-state index is 12.7. The number of rotatable bonds is 5. The van der Waals surface area contributed by atoms with Gasteiger partial charge in [-0.1, -0.05) is 30.3 Å². The van der Waals surface area contributed by atoms with Crippen LogP contribution in [0, 0.1) is 6.92 Å². The summed E-state index contributed by atoms with van der Waals surface area (Å²) in [6, 6.07) is 14.7. The van der Waals surface area contributed by atoms with Gasteiger partial charge in [-0.15, -0.1) is 0 Å². The highest BCUT2D eigenvalue weighted by atomic mass is 32.2. The zero-order valence-electron chi connectivity index (χ0n) is 12.7. The fourth-order valence-corrected chi connectivity index (χ4v) is 4.37. The lowest BCUT2D eigenvalue weighted by Gasteiger charge is -2.19. The Bertz CT molecular complexity index is 781. The van der Waals surface area contributed by atoms with Gasteiger partial charge in [-0.25, -0.2) is 13.1 Å². The SMILES string of the molecule is COc1ccc(S(=O)(=O)NC2(c3ccccc3)CC2)c(C)c1. The van der Waals surface area contributed by atoms with Crippen LogP contribution >= 0.6 is 0 Å². The number of sulfonamides is 1. The van der Waals surface area contributed by atoms with Gasteiger partial charge < -0.3 is 4.74 Å². The van der Waals surface area contributed by atoms with Crippen LogP contribution in [0.1, 0.15) is 24.0 Å². The number of ether oxygens (including phenoxy) is 1. The maximum Gasteiger partial charge on any atom is 0.241 e. The van der Waals surface area contributed by atoms with Crippen LogP contribution in [-0.4, -0.2) is 15.5 Å². The van der Waals surface area contributed by atoms with E-state index in [9.17, 15) is 8.42 Å². The molecule has 1 aliphatic rings. The van der Waals surface area contributed by atoms with Gasteiger partial charge >= 0.3 is 0 Å². The van der Waals surface area contributed by atoms with Gasteiger partial charge in [-0.05, 0) is 49.1 Å². The van der Waals surface area contributed by atoms with Crippen molar-refractivity contribution in [1.82, 2.24) is 4.72 Å². The molecule has 0 atom stereocenters. The Balaban J connectivity index is 1.92. The van der Waals surface area contributed by atoms with Gasteiger partial charge in [-0.3, -0.25) is 0 Å². The number of aryl methyl sites for hydroxylation is 1. The number of methoxy groups -OCH3 is 1. The molecule has 0 radical (unpaired) electrons. The molecule has 2 aromatic carbocycles. The molecular weight excluding hydrogens is 298 g/mol. The zero-order valence-corrected chi connectivity index (χ0v) is 13.5. The fraction of sp³-hybridized carbons (Fsp3) is 0.294. The Morgan fingerprint density at radius 1 is 1.09 bits per heavy atom. The van der Waals surface area contributed by atoms with Crippen LogP contribution in [0.4, 0.5) is 0 Å². The summed E-state index contributed by atoms with van der Waals surface area (Å²) >= 11 is 0. The Labute approximate surface area is 131 Å². The van der Waals surface area contributed by atoms with Crippen molar-refractivity contribution in [3.63, 3.8) is 0 Å². The number of hydrogen-bond donors (Lipinski definition) is 1. The van der Waals surface area contributed by atoms with Crippen LogP contribution in [0.5, 0.6) is 5.75 Å². The van der Waals surface area contributed by atoms with Gasteiger partial charge in [0.1, 0.15) is 5.75 Å². The first kappa shape index (κ1) is 15.1. The minimum Gasteiger partial charge on any atom is -0.497 e. The standard InChI is InChI=1S/C17H19NO3S/c1-13-12-15(21-2)8-9-16(13)22(19,20)18-17(10-11-17)14-6-4-3-5-7-14/h3-9,12,18H,10-11H2,1-2H3. The third-order valence-corrected chi connectivity index (χ3v) is 5.77. The van der Waals surface area contributed by atoms with Crippen molar-refractivity contribution >= 4 is 10.0 Å². The van der Waals surface area contributed by atoms with Crippen LogP contribution in [-0.2, 0) is 15.6 Å². The van der Waals surface area contributed by atoms with E-state index in [1.54, 1.807) is 32.2 Å². The molecule has 22 heavy (non-hydrogen) atoms. The molecular formula is C17H19NO3S. The number of nitrogens with one attached hydrogen (secondary N) is 1. The third kappa shape index (κ3) is 2.74. The van der Waals surface area contributed by atoms with Gasteiger partial charge in [-0.2, -0.15) is 0 Å². The van der Waals surface area contributed by atoms with E-state index in [2.05, 4.69) is 4.72 Å². The van der Waals surface area contributed by atoms with Crippen molar-refractivity contribution in [1.29, 1.82) is 0 Å². The summed E-state index contributed by atoms with van der Waals surface area (Å²) in [5.41, 5.74) is 1.24. The first-order valence-corrected chi connectivity index (χ1v) is 8.69. The van der Waals surface area contributed by atoms with Crippen molar-refractivity contribution < 1.29 is 13.2 Å². The summed E-state index contributed by atoms with van der Waals surface area (Å²) in [6.45, 7) is 1.78. The van der Waals surface area contributed by atoms with Gasteiger partial charge in [0.2, 0.25) is 10.0 Å². The Morgan fingerprint density at radius 2 is 1.77 bits per heavy atom. The molecule has 1 aliphatic carbocycles. The smallest absolute Gasteiger partial charge is 0.241 e. The molecule has 4 nitrogen and oxygen atoms in total. The second kappa shape index (κ2) is 5.41. The monoisotopic (exact) mass is 317 g/mol. The average molecular weight is 317 g/mol. The molecule has 5 heteroatoms. The topological polar surface area (TPSA) is 55.4 Å². The van der Waals surface area contributed by atoms with Crippen molar-refractivity contribution in [2.75, 3.05) is 7.11 Å². The normalized spacial score (nSPS) is 16.3. The molecule has 0 amide bonds. The van der Waals surface area contributed by atoms with Crippen LogP contribution in [0.15, 0.2) is 53.4 Å². The van der Waals surface area contributed by atoms with Gasteiger partial charge in [0.15, 0.2) is 0 Å². The van der Waals surface area contributed by atoms with Crippen LogP contribution in [0.3, 0.4) is 0 Å². The average Bonchev–Trinajstić information content (AvgIpc) is 3.27. The first-order valence-electron chi connectivity index (χ1n) is 7.21. The van der Waals surface area contributed by atoms with Crippen LogP contribution < -0.4 is 9.46 Å². The molecule has 1 N–H and O–H groups in total. The molecule has 0 aromatic heterocycles. The van der Waals surface area contributed by atoms with E-state index in [0.717, 1.165) is 18.4 Å². The van der Waals surface area contributed by atoms with E-state index < -0.39 is 15.6 Å². The molecule has 0 heterocycles. The van der Waals surface area contributed by atoms with E-state index in [0.29, 0.717) is 16.2 Å². The Kier molecular flexibility index (Phi) is 3.70. The molecule has 1 saturated carbocycles. The lowest BCUT2D eigenvalue weighted by molar-refractivity contribution is 0.414. The first-order chi connectivity index (χ1) is 10.5. The van der Waals surface area contributed by atoms with Crippen LogP contribution in [0.25, 0.3) is 0 Å². The molecule has 2 aromatic rings. The minimum atomic E-state index is -3.56. The zero-order chi connectivity index (χ0) is 15.8. The van der Waals surface area contributed by atoms with Crippen LogP contribution in [0.2, 0.25) is 0 Å². The van der Waals surface area contributed by atoms with Crippen molar-refractivity contribution in [3.05, 3.63) is 59.7 Å². The van der Waals surface area contributed by atoms with E-state index in [4.69, 9.17) is 4.74 Å². The third-order valence-electron chi connectivity index (χ3n) is 4.08. The Morgan fingerprint density at radius 3 is 2.32 bits per heavy atom. The van der Waals surface area contributed by atoms with E-state index in [1.807, 2.05) is 30.3 Å². The number of hydrogen-bond acceptors (Lipinski definition) is 3. The van der Waals surface area contributed by atoms with Gasteiger partial charge in [0, 0.05) is 0 Å². The van der Waals surface area contributed by atoms with E-state index >= 15 is 0 Å². The molecule has 0 unspecified atom stereocenters. The summed E-state index contributed by atoms with van der Waals surface area (Å²) < 4.78 is 33.5. The molecule has 0 saturated heterocycles. The van der Waals surface area contributed by atoms with E-state index in [1.165, 1.54) is 0 Å². The second-order valence-electron chi connectivity index (χ2n) is 5.69. The van der Waals surface area contributed by atoms with Crippen molar-refractivity contribution in [2.24, 2.45) is 0 Å². The Hall–Kier alpha value is -1.85. The van der Waals surface area contributed by atoms with Gasteiger partial charge in [0.05, 0.1) is 17.5 Å². The summed E-state index contributed by atoms with van der Waals surface area (Å²) in [7, 11) is -2.00. The van der Waals surface area contributed by atoms with Gasteiger partial charge in [0.25, 0.3) is 0 Å². The lowest BCUT2D eigenvalue weighted by atomic mass is 10.1. The van der Waals surface area contributed by atoms with Crippen molar-refractivity contribution in [2.45, 2.75) is 30.2 Å². The molecule has 1 fully saturated rings. The highest BCUT2D eigenvalue weighted by Crippen LogP contribution is 2.46. The highest BCUT2D eigenvalue weighted by molar-refractivity contribution is 7.89. The molecule has 0 bridgehead atoms. The fourth-order valence-electron chi connectivity index (χ4n) is 2.69. The summed E-state index contributed by atoms with van der Waals surface area (Å²) in [5.74, 6) is 0.653. The highest BCUT2D eigenvalue weighted by Gasteiger charge is 2.47. The molecule has 116 valence electrons. The predicted molar refractivity (Wildman–Crippen MR) is 85.4 cm³/mol. The predicted octanol–water partition coefficient (Wildman–Crippen LogP) is 2.97. The molecule has 3 rings (SSSR count). The summed E-state index contributed by atoms with van der Waals surface area (Å²) in [4.78, 5) is 0.301. The largest absolute Gasteiger partial charge is 0.497 e. The maximum atomic E-state index is 12.7. The molecule has 0 aliphatic heterocycles. The second-order valence-corrected chi connectivity index (χ2v) is 7.34. The minimum absolute atomic E-state index is 0.301. The van der Waals surface area contributed by atoms with Crippen molar-refractivity contribution in [3.8, 4) is 5.75 Å². The quantitative estimate of drug-likeness (QED) is 0.922. The number of benzene rings is 2. The van der Waals surface area contributed by atoms with E-state index in [-0.39, 0.29) is 0 Å².